The number of aliphatic hydroxyl groups is 2. The van der Waals surface area contributed by atoms with Gasteiger partial charge in [-0.05, 0) is 79.0 Å². The monoisotopic (exact) mass is 1280 g/mol. The van der Waals surface area contributed by atoms with Crippen LogP contribution in [0.1, 0.15) is 145 Å². The Balaban J connectivity index is 0.995. The highest BCUT2D eigenvalue weighted by Gasteiger charge is 2.78. The molecule has 4 fully saturated rings. The number of hydrogen-bond acceptors (Lipinski definition) is 20. The van der Waals surface area contributed by atoms with Gasteiger partial charge in [-0.3, -0.25) is 28.8 Å². The van der Waals surface area contributed by atoms with Crippen LogP contribution < -0.4 is 16.0 Å². The molecule has 8 rings (SSSR count). The molecular formula is C69H89N3O20. The maximum atomic E-state index is 15.9. The lowest BCUT2D eigenvalue weighted by Crippen LogP contribution is -2.82. The zero-order valence-corrected chi connectivity index (χ0v) is 53.8. The Bertz CT molecular complexity index is 3130. The Kier molecular flexibility index (Phi) is 23.6. The number of ether oxygens (including phenoxy) is 9. The molecule has 3 saturated carbocycles. The van der Waals surface area contributed by atoms with E-state index in [1.807, 2.05) is 0 Å². The minimum atomic E-state index is -2.51. The Morgan fingerprint density at radius 2 is 1.33 bits per heavy atom. The highest BCUT2D eigenvalue weighted by atomic mass is 16.6. The smallest absolute Gasteiger partial charge is 0.407 e. The van der Waals surface area contributed by atoms with Crippen LogP contribution >= 0.6 is 0 Å². The average molecular weight is 1280 g/mol. The first kappa shape index (κ1) is 70.3. The van der Waals surface area contributed by atoms with Crippen molar-refractivity contribution in [1.29, 1.82) is 0 Å². The van der Waals surface area contributed by atoms with Crippen LogP contribution in [0.15, 0.2) is 102 Å². The fourth-order valence-corrected chi connectivity index (χ4v) is 14.3. The molecule has 4 aliphatic carbocycles. The number of hydrogen-bond donors (Lipinski definition) is 5. The Morgan fingerprint density at radius 1 is 0.728 bits per heavy atom. The number of carbonyl (C=O) groups is 9. The van der Waals surface area contributed by atoms with E-state index in [2.05, 4.69) is 29.8 Å². The van der Waals surface area contributed by atoms with Crippen molar-refractivity contribution in [1.82, 2.24) is 16.0 Å². The van der Waals surface area contributed by atoms with E-state index in [9.17, 15) is 43.8 Å². The van der Waals surface area contributed by atoms with Gasteiger partial charge in [0.15, 0.2) is 17.5 Å². The minimum absolute atomic E-state index is 0.0244. The zero-order valence-electron chi connectivity index (χ0n) is 53.8. The number of ketones is 1. The van der Waals surface area contributed by atoms with E-state index in [-0.39, 0.29) is 87.7 Å². The third-order valence-electron chi connectivity index (χ3n) is 19.1. The molecule has 5 N–H and O–H groups in total. The summed E-state index contributed by atoms with van der Waals surface area (Å²) in [5.74, 6) is -6.91. The van der Waals surface area contributed by atoms with E-state index in [4.69, 9.17) is 42.6 Å². The largest absolute Gasteiger partial charge is 0.455 e. The molecule has 23 heteroatoms. The average Bonchev–Trinajstić information content (AvgIpc) is 0.769. The van der Waals surface area contributed by atoms with Crippen LogP contribution in [0.25, 0.3) is 0 Å². The van der Waals surface area contributed by atoms with E-state index in [1.54, 1.807) is 66.7 Å². The molecule has 5 aliphatic rings. The van der Waals surface area contributed by atoms with Gasteiger partial charge < -0.3 is 68.8 Å². The van der Waals surface area contributed by atoms with Crippen molar-refractivity contribution in [3.63, 3.8) is 0 Å². The van der Waals surface area contributed by atoms with Gasteiger partial charge in [-0.2, -0.15) is 0 Å². The van der Waals surface area contributed by atoms with Crippen LogP contribution in [0.4, 0.5) is 4.79 Å². The Labute approximate surface area is 536 Å². The predicted octanol–water partition coefficient (Wildman–Crippen LogP) is 6.79. The van der Waals surface area contributed by atoms with Crippen molar-refractivity contribution in [3.05, 3.63) is 119 Å². The summed E-state index contributed by atoms with van der Waals surface area (Å²) in [5, 5.41) is 34.7. The van der Waals surface area contributed by atoms with Crippen LogP contribution in [0, 0.1) is 34.5 Å². The molecule has 92 heavy (non-hydrogen) atoms. The van der Waals surface area contributed by atoms with Gasteiger partial charge >= 0.3 is 35.9 Å². The first-order valence-electron chi connectivity index (χ1n) is 32.0. The van der Waals surface area contributed by atoms with Gasteiger partial charge in [0, 0.05) is 63.6 Å². The maximum Gasteiger partial charge on any atom is 0.407 e. The molecule has 3 aromatic rings. The minimum Gasteiger partial charge on any atom is -0.455 e. The number of benzene rings is 3. The van der Waals surface area contributed by atoms with Crippen molar-refractivity contribution < 1.29 is 96.0 Å². The molecular weight excluding hydrogens is 1190 g/mol. The normalized spacial score (nSPS) is 28.1. The van der Waals surface area contributed by atoms with Gasteiger partial charge in [-0.15, -0.1) is 0 Å². The molecule has 500 valence electrons. The second-order valence-corrected chi connectivity index (χ2v) is 25.3. The number of nitrogens with one attached hydrogen (secondary N) is 3. The summed E-state index contributed by atoms with van der Waals surface area (Å²) in [4.78, 5) is 126. The van der Waals surface area contributed by atoms with E-state index in [1.165, 1.54) is 52.0 Å². The first-order valence-corrected chi connectivity index (χ1v) is 32.0. The van der Waals surface area contributed by atoms with E-state index < -0.39 is 137 Å². The second kappa shape index (κ2) is 30.9. The molecule has 1 saturated heterocycles. The second-order valence-electron chi connectivity index (χ2n) is 25.3. The number of carbonyl (C=O) groups excluding carboxylic acids is 9. The van der Waals surface area contributed by atoms with Crippen LogP contribution in [-0.2, 0) is 71.4 Å². The van der Waals surface area contributed by atoms with E-state index in [0.29, 0.717) is 29.9 Å². The molecule has 1 aliphatic heterocycles. The lowest BCUT2D eigenvalue weighted by atomic mass is 9.44. The van der Waals surface area contributed by atoms with Crippen LogP contribution in [-0.4, -0.2) is 164 Å². The van der Waals surface area contributed by atoms with Crippen molar-refractivity contribution in [2.45, 2.75) is 167 Å². The Hall–Kier alpha value is -7.57. The number of Topliss-reactive ketones (excluding diaryl/α,β-unsaturated/α-hetero) is 1. The van der Waals surface area contributed by atoms with Gasteiger partial charge in [-0.25, -0.2) is 14.4 Å². The zero-order chi connectivity index (χ0) is 66.5. The number of aliphatic hydroxyl groups excluding tert-OH is 1. The topological polar surface area (TPSA) is 313 Å². The predicted molar refractivity (Wildman–Crippen MR) is 330 cm³/mol. The molecule has 23 nitrogen and oxygen atoms in total. The van der Waals surface area contributed by atoms with Crippen molar-refractivity contribution in [2.24, 2.45) is 34.5 Å². The number of esters is 5. The molecule has 0 spiro atoms. The van der Waals surface area contributed by atoms with Gasteiger partial charge in [0.05, 0.1) is 62.6 Å². The summed E-state index contributed by atoms with van der Waals surface area (Å²) in [7, 11) is 0. The Morgan fingerprint density at radius 3 is 1.90 bits per heavy atom. The standard InChI is InChI=1S/C69H89N3O20/c1-9-21-47-48(22-10-2)49(47)39-86-65(82)71-32-34-85-36-35-84-33-31-70-53(76)29-20-30-54(77)90-58(56(44-23-14-11-15-24-44)72-62(79)45-25-16-12-17-26-45)64(81)89-50-38-69(83)61(91-63(80)46-27-18-13-19-28-46)59-67(8,51(75)37-52-68(59,40-87-52)92-43(5)74)60(78)57(88-42(4)73)55(41(50)3)66(69,6)7/h11-19,23-28,47-52,56-59,61,75,83H,9-10,20-22,29-40H2,1-8H3,(H,70,76)(H,71,82)(H,72,79)/t47-,48+,49?,50-,51-,52+,56-,57+,58+,59?,61-,67+,68-,69+/m0/s1. The number of rotatable bonds is 30. The molecule has 0 radical (unpaired) electrons. The highest BCUT2D eigenvalue weighted by Crippen LogP contribution is 2.64. The molecule has 14 atom stereocenters. The summed E-state index contributed by atoms with van der Waals surface area (Å²) in [6, 6.07) is 22.5. The molecule has 3 aromatic carbocycles. The summed E-state index contributed by atoms with van der Waals surface area (Å²) < 4.78 is 53.7. The lowest BCUT2D eigenvalue weighted by molar-refractivity contribution is -0.346. The third-order valence-corrected chi connectivity index (χ3v) is 19.1. The van der Waals surface area contributed by atoms with Gasteiger partial charge in [0.1, 0.15) is 30.0 Å². The van der Waals surface area contributed by atoms with Gasteiger partial charge in [0.25, 0.3) is 5.91 Å². The molecule has 3 amide bonds. The summed E-state index contributed by atoms with van der Waals surface area (Å²) in [5.41, 5.74) is -7.74. The lowest BCUT2D eigenvalue weighted by Gasteiger charge is -2.67. The SMILES string of the molecule is CCC[C@@H]1C(COC(=O)NCCOCCOCCNC(=O)CCCC(=O)O[C@@H](C(=O)O[C@H]2C[C@@]3(O)[C@@H](OC(=O)c4ccccc4)C4[C@](C)(C(=O)[C@H](OC(C)=O)C(=C2C)C3(C)C)[C@@H](O)C[C@H]2OC[C@@]42OC(C)=O)[C@@H](NC(=O)c2ccccc2)c2ccccc2)[C@@H]1CCC. The van der Waals surface area contributed by atoms with E-state index in [0.717, 1.165) is 39.5 Å². The molecule has 2 bridgehead atoms. The van der Waals surface area contributed by atoms with Crippen LogP contribution in [0.3, 0.4) is 0 Å². The fraction of sp³-hybridized carbons (Fsp3) is 0.580. The van der Waals surface area contributed by atoms with Crippen molar-refractivity contribution >= 4 is 53.5 Å². The maximum absolute atomic E-state index is 15.9. The summed E-state index contributed by atoms with van der Waals surface area (Å²) in [6.07, 6.45) is -7.62. The first-order chi connectivity index (χ1) is 43.9. The van der Waals surface area contributed by atoms with Crippen molar-refractivity contribution in [2.75, 3.05) is 52.7 Å². The fourth-order valence-electron chi connectivity index (χ4n) is 14.3. The highest BCUT2D eigenvalue weighted by molar-refractivity contribution is 5.96. The van der Waals surface area contributed by atoms with Crippen molar-refractivity contribution in [3.8, 4) is 0 Å². The van der Waals surface area contributed by atoms with Crippen LogP contribution in [0.5, 0.6) is 0 Å². The van der Waals surface area contributed by atoms with Gasteiger partial charge in [-0.1, -0.05) is 120 Å². The number of alkyl carbamates (subject to hydrolysis) is 1. The van der Waals surface area contributed by atoms with Crippen LogP contribution in [0.2, 0.25) is 0 Å². The quantitative estimate of drug-likeness (QED) is 0.0198. The molecule has 0 aromatic heterocycles. The summed E-state index contributed by atoms with van der Waals surface area (Å²) in [6.45, 7) is 13.8. The number of fused-ring (bicyclic) bond motifs is 5. The number of amides is 3. The summed E-state index contributed by atoms with van der Waals surface area (Å²) >= 11 is 0. The van der Waals surface area contributed by atoms with Gasteiger partial charge in [0.2, 0.25) is 12.0 Å². The van der Waals surface area contributed by atoms with E-state index >= 15 is 9.59 Å². The third kappa shape index (κ3) is 15.6. The molecule has 1 heterocycles. The molecule has 2 unspecified atom stereocenters.